The van der Waals surface area contributed by atoms with Gasteiger partial charge in [0, 0.05) is 0 Å². The van der Waals surface area contributed by atoms with Gasteiger partial charge in [0.25, 0.3) is 0 Å². The first kappa shape index (κ1) is 55.4. The molecule has 12 nitrogen and oxygen atoms in total. The molecule has 8 rings (SSSR count). The van der Waals surface area contributed by atoms with Crippen LogP contribution in [0, 0.1) is 0 Å². The third-order valence-electron chi connectivity index (χ3n) is 9.15. The van der Waals surface area contributed by atoms with E-state index < -0.39 is 14.5 Å². The fraction of sp³-hybridized carbons (Fsp3) is 0. The molecule has 0 N–H and O–H groups in total. The van der Waals surface area contributed by atoms with E-state index in [4.69, 9.17) is 44.2 Å². The largest absolute Gasteiger partial charge is 1.00 e. The molecule has 324 valence electrons. The minimum Gasteiger partial charge on any atom is -0.373 e. The fourth-order valence-electron chi connectivity index (χ4n) is 7.00. The maximum Gasteiger partial charge on any atom is 1.00 e. The van der Waals surface area contributed by atoms with E-state index in [1.165, 1.54) is 62.1 Å². The Hall–Kier alpha value is -6.66. The van der Waals surface area contributed by atoms with Gasteiger partial charge in [-0.3, -0.25) is 19.6 Å². The van der Waals surface area contributed by atoms with Crippen molar-refractivity contribution in [1.29, 1.82) is 0 Å². The SMILES string of the molecule is [Ag+].[Ag+].[N-]=[N+]=[N-].[N-]=[N+]=[N-].[N-]=[N+]=[N-].[N-]=[N+]=[N-].c1ccc([P+](c2ccccc2)(c2ccccc2)c2ccccc2)cc1.c1ccc([P+](c2ccccc2)(c2ccccc2)c2ccccc2)cc1. The van der Waals surface area contributed by atoms with Crippen molar-refractivity contribution in [3.05, 3.63) is 307 Å². The van der Waals surface area contributed by atoms with E-state index in [0.29, 0.717) is 0 Å². The molecule has 0 radical (unpaired) electrons. The predicted molar refractivity (Wildman–Crippen MR) is 263 cm³/mol. The van der Waals surface area contributed by atoms with Crippen molar-refractivity contribution in [1.82, 2.24) is 0 Å². The zero-order valence-electron chi connectivity index (χ0n) is 34.0. The van der Waals surface area contributed by atoms with Gasteiger partial charge in [0.1, 0.15) is 57.0 Å². The summed E-state index contributed by atoms with van der Waals surface area (Å²) in [5.41, 5.74) is 54.0. The maximum atomic E-state index is 6.75. The predicted octanol–water partition coefficient (Wildman–Crippen LogP) is 12.1. The Labute approximate surface area is 405 Å². The molecule has 0 amide bonds. The smallest absolute Gasteiger partial charge is 0.373 e. The Morgan fingerprint density at radius 3 is 0.344 bits per heavy atom. The average Bonchev–Trinajstić information content (AvgIpc) is 3.34. The van der Waals surface area contributed by atoms with Gasteiger partial charge in [-0.1, -0.05) is 146 Å². The van der Waals surface area contributed by atoms with E-state index in [1.54, 1.807) is 0 Å². The summed E-state index contributed by atoms with van der Waals surface area (Å²) >= 11 is 0. The summed E-state index contributed by atoms with van der Waals surface area (Å²) in [7, 11) is -3.81. The summed E-state index contributed by atoms with van der Waals surface area (Å²) in [6.45, 7) is 0. The Morgan fingerprint density at radius 2 is 0.266 bits per heavy atom. The molecular weight excluding hydrogens is 1020 g/mol. The Morgan fingerprint density at radius 1 is 0.188 bits per heavy atom. The zero-order chi connectivity index (χ0) is 44.7. The van der Waals surface area contributed by atoms with Crippen molar-refractivity contribution in [3.63, 3.8) is 0 Å². The molecule has 64 heavy (non-hydrogen) atoms. The van der Waals surface area contributed by atoms with E-state index in [9.17, 15) is 0 Å². The van der Waals surface area contributed by atoms with Crippen molar-refractivity contribution in [3.8, 4) is 0 Å². The number of hydrogen-bond acceptors (Lipinski definition) is 0. The van der Waals surface area contributed by atoms with Crippen LogP contribution in [0.25, 0.3) is 63.9 Å². The van der Waals surface area contributed by atoms with Gasteiger partial charge < -0.3 is 44.2 Å². The van der Waals surface area contributed by atoms with E-state index >= 15 is 0 Å². The summed E-state index contributed by atoms with van der Waals surface area (Å²) < 4.78 is 0. The van der Waals surface area contributed by atoms with Crippen LogP contribution in [0.5, 0.6) is 0 Å². The molecule has 0 heterocycles. The van der Waals surface area contributed by atoms with Gasteiger partial charge in [0.05, 0.1) is 0 Å². The van der Waals surface area contributed by atoms with Crippen LogP contribution >= 0.6 is 14.5 Å². The van der Waals surface area contributed by atoms with Crippen LogP contribution in [-0.2, 0) is 44.8 Å². The minimum atomic E-state index is -1.91. The molecule has 0 aromatic heterocycles. The van der Waals surface area contributed by atoms with Gasteiger partial charge in [0.2, 0.25) is 0 Å². The van der Waals surface area contributed by atoms with E-state index in [1.807, 2.05) is 0 Å². The molecule has 0 saturated heterocycles. The second-order valence-electron chi connectivity index (χ2n) is 12.4. The van der Waals surface area contributed by atoms with E-state index in [0.717, 1.165) is 0 Å². The van der Waals surface area contributed by atoms with Crippen LogP contribution in [0.15, 0.2) is 243 Å². The Bertz CT molecular complexity index is 2060. The van der Waals surface area contributed by atoms with Crippen molar-refractivity contribution in [2.75, 3.05) is 0 Å². The molecular formula is C48H40Ag2N12P2. The maximum absolute atomic E-state index is 6.75. The first-order valence-electron chi connectivity index (χ1n) is 18.7. The van der Waals surface area contributed by atoms with Gasteiger partial charge in [0.15, 0.2) is 0 Å². The van der Waals surface area contributed by atoms with Gasteiger partial charge in [-0.25, -0.2) is 0 Å². The average molecular weight is 1060 g/mol. The van der Waals surface area contributed by atoms with Crippen molar-refractivity contribution in [2.45, 2.75) is 0 Å². The molecule has 0 spiro atoms. The molecule has 16 heteroatoms. The Kier molecular flexibility index (Phi) is 27.7. The van der Waals surface area contributed by atoms with Crippen molar-refractivity contribution < 1.29 is 44.8 Å². The monoisotopic (exact) mass is 1060 g/mol. The standard InChI is InChI=1S/2C24H20P.2Ag.4N3/c2*1-5-13-21(14-6-1)25(22-15-7-2-8-16-22,23-17-9-3-10-18-23)24-19-11-4-12-20-24;;;4*1-3-2/h2*1-20H;;;;;;/q4*+1;4*-1. The number of nitrogens with zero attached hydrogens (tertiary/aromatic N) is 12. The van der Waals surface area contributed by atoms with Crippen molar-refractivity contribution in [2.24, 2.45) is 0 Å². The topological polar surface area (TPSA) is 235 Å². The second-order valence-corrected chi connectivity index (χ2v) is 19.2. The number of benzene rings is 8. The molecule has 0 aliphatic heterocycles. The summed E-state index contributed by atoms with van der Waals surface area (Å²) in [6, 6.07) is 87.7. The number of rotatable bonds is 8. The normalized spacial score (nSPS) is 9.25. The van der Waals surface area contributed by atoms with Gasteiger partial charge in [-0.05, 0) is 97.1 Å². The third-order valence-corrected chi connectivity index (χ3v) is 17.7. The van der Waals surface area contributed by atoms with Gasteiger partial charge in [-0.15, -0.1) is 0 Å². The summed E-state index contributed by atoms with van der Waals surface area (Å²) in [4.78, 5) is 6.00. The summed E-state index contributed by atoms with van der Waals surface area (Å²) in [5, 5.41) is 11.1. The van der Waals surface area contributed by atoms with Crippen LogP contribution in [-0.4, -0.2) is 0 Å². The fourth-order valence-corrected chi connectivity index (χ4v) is 15.5. The molecule has 0 unspecified atom stereocenters. The van der Waals surface area contributed by atoms with Crippen LogP contribution < -0.4 is 42.4 Å². The molecule has 0 saturated carbocycles. The second kappa shape index (κ2) is 32.1. The Balaban J connectivity index is 0.000000501. The van der Waals surface area contributed by atoms with Crippen molar-refractivity contribution >= 4 is 57.0 Å². The first-order chi connectivity index (χ1) is 30.5. The first-order valence-corrected chi connectivity index (χ1v) is 22.3. The molecule has 0 bridgehead atoms. The molecule has 8 aromatic carbocycles. The van der Waals surface area contributed by atoms with E-state index in [-0.39, 0.29) is 44.8 Å². The molecule has 0 aliphatic rings. The van der Waals surface area contributed by atoms with Crippen LogP contribution in [0.3, 0.4) is 0 Å². The van der Waals surface area contributed by atoms with Gasteiger partial charge >= 0.3 is 44.8 Å². The number of hydrogen-bond donors (Lipinski definition) is 0. The van der Waals surface area contributed by atoms with Crippen LogP contribution in [0.1, 0.15) is 0 Å². The summed E-state index contributed by atoms with van der Waals surface area (Å²) in [5.74, 6) is 0. The quantitative estimate of drug-likeness (QED) is 0.0454. The van der Waals surface area contributed by atoms with Crippen LogP contribution in [0.2, 0.25) is 0 Å². The van der Waals surface area contributed by atoms with Gasteiger partial charge in [-0.2, -0.15) is 0 Å². The minimum absolute atomic E-state index is 0. The van der Waals surface area contributed by atoms with E-state index in [2.05, 4.69) is 243 Å². The molecule has 0 aliphatic carbocycles. The van der Waals surface area contributed by atoms with Crippen LogP contribution in [0.4, 0.5) is 0 Å². The third kappa shape index (κ3) is 14.7. The molecule has 0 atom stereocenters. The molecule has 0 fully saturated rings. The molecule has 8 aromatic rings. The summed E-state index contributed by atoms with van der Waals surface area (Å²) in [6.07, 6.45) is 0. The zero-order valence-corrected chi connectivity index (χ0v) is 38.7.